The van der Waals surface area contributed by atoms with Crippen LogP contribution in [-0.2, 0) is 0 Å². The van der Waals surface area contributed by atoms with E-state index in [1.807, 2.05) is 19.9 Å². The number of halogens is 1. The fourth-order valence-electron chi connectivity index (χ4n) is 0.960. The largest absolute Gasteiger partial charge is 0.349 e. The summed E-state index contributed by atoms with van der Waals surface area (Å²) in [4.78, 5) is 15.3. The Kier molecular flexibility index (Phi) is 4.31. The second-order valence-electron chi connectivity index (χ2n) is 3.36. The molecule has 1 heterocycles. The molecule has 3 nitrogen and oxygen atoms in total. The number of hydrogen-bond donors (Lipinski definition) is 1. The number of aromatic nitrogens is 1. The van der Waals surface area contributed by atoms with Gasteiger partial charge in [-0.15, -0.1) is 0 Å². The Morgan fingerprint density at radius 1 is 1.53 bits per heavy atom. The van der Waals surface area contributed by atoms with Crippen molar-refractivity contribution >= 4 is 17.5 Å². The predicted octanol–water partition coefficient (Wildman–Crippen LogP) is 2.43. The number of rotatable bonds is 3. The molecule has 0 spiro atoms. The molecule has 0 saturated carbocycles. The van der Waals surface area contributed by atoms with Crippen LogP contribution < -0.4 is 5.32 Å². The molecule has 0 fully saturated rings. The van der Waals surface area contributed by atoms with Gasteiger partial charge < -0.3 is 5.32 Å². The van der Waals surface area contributed by atoms with Gasteiger partial charge in [0.2, 0.25) is 0 Å². The minimum atomic E-state index is -0.142. The lowest BCUT2D eigenvalue weighted by Crippen LogP contribution is -2.23. The summed E-state index contributed by atoms with van der Waals surface area (Å²) in [5.41, 5.74) is 1.69. The van der Waals surface area contributed by atoms with E-state index in [2.05, 4.69) is 10.3 Å². The number of nitrogens with one attached hydrogen (secondary N) is 1. The van der Waals surface area contributed by atoms with Gasteiger partial charge in [0.05, 0.1) is 5.56 Å². The SMILES string of the molecule is CC(C)=CCNC(=O)c1ccc(Cl)nc1. The number of carbonyl (C=O) groups is 1. The molecule has 0 unspecified atom stereocenters. The molecule has 0 aliphatic rings. The minimum absolute atomic E-state index is 0.142. The highest BCUT2D eigenvalue weighted by Crippen LogP contribution is 2.04. The summed E-state index contributed by atoms with van der Waals surface area (Å²) in [6, 6.07) is 3.24. The van der Waals surface area contributed by atoms with E-state index in [1.165, 1.54) is 11.8 Å². The molecule has 1 rings (SSSR count). The van der Waals surface area contributed by atoms with E-state index in [9.17, 15) is 4.79 Å². The Labute approximate surface area is 94.2 Å². The Morgan fingerprint density at radius 3 is 2.80 bits per heavy atom. The third-order valence-corrected chi connectivity index (χ3v) is 1.99. The van der Waals surface area contributed by atoms with E-state index in [4.69, 9.17) is 11.6 Å². The predicted molar refractivity (Wildman–Crippen MR) is 61.0 cm³/mol. The van der Waals surface area contributed by atoms with Crippen molar-refractivity contribution in [1.82, 2.24) is 10.3 Å². The van der Waals surface area contributed by atoms with Gasteiger partial charge in [0.1, 0.15) is 5.15 Å². The van der Waals surface area contributed by atoms with E-state index in [0.717, 1.165) is 0 Å². The summed E-state index contributed by atoms with van der Waals surface area (Å²) in [6.07, 6.45) is 3.40. The second-order valence-corrected chi connectivity index (χ2v) is 3.75. The first-order valence-electron chi connectivity index (χ1n) is 4.62. The highest BCUT2D eigenvalue weighted by molar-refractivity contribution is 6.29. The van der Waals surface area contributed by atoms with Gasteiger partial charge >= 0.3 is 0 Å². The summed E-state index contributed by atoms with van der Waals surface area (Å²) in [5, 5.41) is 3.14. The van der Waals surface area contributed by atoms with Gasteiger partial charge in [0, 0.05) is 12.7 Å². The van der Waals surface area contributed by atoms with Crippen LogP contribution in [0.3, 0.4) is 0 Å². The molecule has 1 N–H and O–H groups in total. The van der Waals surface area contributed by atoms with Crippen LogP contribution in [0, 0.1) is 0 Å². The molecule has 0 aliphatic carbocycles. The van der Waals surface area contributed by atoms with Gasteiger partial charge in [0.25, 0.3) is 5.91 Å². The fourth-order valence-corrected chi connectivity index (χ4v) is 1.07. The van der Waals surface area contributed by atoms with Crippen LogP contribution in [0.5, 0.6) is 0 Å². The molecule has 0 bridgehead atoms. The first kappa shape index (κ1) is 11.7. The summed E-state index contributed by atoms with van der Waals surface area (Å²) in [5.74, 6) is -0.142. The summed E-state index contributed by atoms with van der Waals surface area (Å²) >= 11 is 5.61. The van der Waals surface area contributed by atoms with Crippen molar-refractivity contribution < 1.29 is 4.79 Å². The quantitative estimate of drug-likeness (QED) is 0.633. The lowest BCUT2D eigenvalue weighted by atomic mass is 10.2. The topological polar surface area (TPSA) is 42.0 Å². The van der Waals surface area contributed by atoms with Crippen LogP contribution in [0.15, 0.2) is 30.0 Å². The van der Waals surface area contributed by atoms with Crippen molar-refractivity contribution in [2.75, 3.05) is 6.54 Å². The molecule has 15 heavy (non-hydrogen) atoms. The zero-order valence-corrected chi connectivity index (χ0v) is 9.51. The standard InChI is InChI=1S/C11H13ClN2O/c1-8(2)5-6-13-11(15)9-3-4-10(12)14-7-9/h3-5,7H,6H2,1-2H3,(H,13,15). The van der Waals surface area contributed by atoms with Crippen LogP contribution in [0.25, 0.3) is 0 Å². The first-order valence-corrected chi connectivity index (χ1v) is 5.00. The Hall–Kier alpha value is -1.35. The lowest BCUT2D eigenvalue weighted by molar-refractivity contribution is 0.0957. The smallest absolute Gasteiger partial charge is 0.253 e. The van der Waals surface area contributed by atoms with Crippen molar-refractivity contribution in [3.05, 3.63) is 40.7 Å². The first-order chi connectivity index (χ1) is 7.09. The molecule has 0 atom stereocenters. The Bertz CT molecular complexity index is 367. The molecule has 1 aromatic rings. The average molecular weight is 225 g/mol. The number of nitrogens with zero attached hydrogens (tertiary/aromatic N) is 1. The average Bonchev–Trinajstić information content (AvgIpc) is 2.18. The molecular formula is C11H13ClN2O. The highest BCUT2D eigenvalue weighted by Gasteiger charge is 2.03. The van der Waals surface area contributed by atoms with Crippen LogP contribution in [0.4, 0.5) is 0 Å². The molecule has 0 aliphatic heterocycles. The zero-order valence-electron chi connectivity index (χ0n) is 8.75. The Morgan fingerprint density at radius 2 is 2.27 bits per heavy atom. The van der Waals surface area contributed by atoms with Crippen molar-refractivity contribution in [2.45, 2.75) is 13.8 Å². The maximum absolute atomic E-state index is 11.5. The van der Waals surface area contributed by atoms with Crippen molar-refractivity contribution in [2.24, 2.45) is 0 Å². The molecule has 0 radical (unpaired) electrons. The van der Waals surface area contributed by atoms with Crippen LogP contribution in [-0.4, -0.2) is 17.4 Å². The van der Waals surface area contributed by atoms with E-state index in [-0.39, 0.29) is 5.91 Å². The number of pyridine rings is 1. The molecular weight excluding hydrogens is 212 g/mol. The minimum Gasteiger partial charge on any atom is -0.349 e. The van der Waals surface area contributed by atoms with E-state index in [0.29, 0.717) is 17.3 Å². The van der Waals surface area contributed by atoms with E-state index < -0.39 is 0 Å². The summed E-state index contributed by atoms with van der Waals surface area (Å²) in [7, 11) is 0. The molecule has 4 heteroatoms. The monoisotopic (exact) mass is 224 g/mol. The van der Waals surface area contributed by atoms with Gasteiger partial charge in [-0.25, -0.2) is 4.98 Å². The normalized spacial score (nSPS) is 9.53. The molecule has 0 aromatic carbocycles. The Balaban J connectivity index is 2.54. The molecule has 1 amide bonds. The molecule has 0 saturated heterocycles. The number of carbonyl (C=O) groups excluding carboxylic acids is 1. The van der Waals surface area contributed by atoms with Crippen LogP contribution in [0.2, 0.25) is 5.15 Å². The van der Waals surface area contributed by atoms with Gasteiger partial charge in [-0.2, -0.15) is 0 Å². The van der Waals surface area contributed by atoms with E-state index >= 15 is 0 Å². The second kappa shape index (κ2) is 5.51. The number of amides is 1. The number of hydrogen-bond acceptors (Lipinski definition) is 2. The van der Waals surface area contributed by atoms with Gasteiger partial charge in [-0.3, -0.25) is 4.79 Å². The summed E-state index contributed by atoms with van der Waals surface area (Å²) in [6.45, 7) is 4.50. The number of allylic oxidation sites excluding steroid dienone is 1. The lowest BCUT2D eigenvalue weighted by Gasteiger charge is -2.02. The van der Waals surface area contributed by atoms with Crippen molar-refractivity contribution in [3.8, 4) is 0 Å². The third-order valence-electron chi connectivity index (χ3n) is 1.76. The maximum Gasteiger partial charge on any atom is 0.253 e. The third kappa shape index (κ3) is 4.13. The maximum atomic E-state index is 11.5. The summed E-state index contributed by atoms with van der Waals surface area (Å²) < 4.78 is 0. The molecule has 1 aromatic heterocycles. The zero-order chi connectivity index (χ0) is 11.3. The van der Waals surface area contributed by atoms with Crippen LogP contribution >= 0.6 is 11.6 Å². The van der Waals surface area contributed by atoms with Gasteiger partial charge in [-0.05, 0) is 26.0 Å². The van der Waals surface area contributed by atoms with Crippen molar-refractivity contribution in [1.29, 1.82) is 0 Å². The van der Waals surface area contributed by atoms with Crippen LogP contribution in [0.1, 0.15) is 24.2 Å². The van der Waals surface area contributed by atoms with Gasteiger partial charge in [-0.1, -0.05) is 23.3 Å². The van der Waals surface area contributed by atoms with E-state index in [1.54, 1.807) is 12.1 Å². The van der Waals surface area contributed by atoms with Gasteiger partial charge in [0.15, 0.2) is 0 Å². The highest BCUT2D eigenvalue weighted by atomic mass is 35.5. The van der Waals surface area contributed by atoms with Crippen molar-refractivity contribution in [3.63, 3.8) is 0 Å². The molecule has 80 valence electrons. The fraction of sp³-hybridized carbons (Fsp3) is 0.273.